The average Bonchev–Trinajstić information content (AvgIpc) is 3.36. The molecule has 0 spiro atoms. The number of rotatable bonds is 9. The molecule has 4 aromatic rings. The summed E-state index contributed by atoms with van der Waals surface area (Å²) in [6.07, 6.45) is 3.07. The van der Waals surface area contributed by atoms with Gasteiger partial charge in [-0.2, -0.15) is 9.78 Å². The Labute approximate surface area is 232 Å². The Morgan fingerprint density at radius 1 is 1.00 bits per heavy atom. The number of benzene rings is 3. The van der Waals surface area contributed by atoms with Crippen molar-refractivity contribution >= 4 is 17.6 Å². The number of hydrogen-bond acceptors (Lipinski definition) is 6. The molecule has 1 heterocycles. The number of phenolic OH excluding ortho intramolecular Hbond substituents is 1. The maximum absolute atomic E-state index is 13.2. The Morgan fingerprint density at radius 2 is 1.73 bits per heavy atom. The van der Waals surface area contributed by atoms with Crippen molar-refractivity contribution in [1.29, 1.82) is 0 Å². The van der Waals surface area contributed by atoms with Gasteiger partial charge >= 0.3 is 6.03 Å². The first-order valence-electron chi connectivity index (χ1n) is 13.3. The molecule has 0 saturated heterocycles. The first-order valence-corrected chi connectivity index (χ1v) is 13.3. The monoisotopic (exact) mass is 540 g/mol. The third kappa shape index (κ3) is 5.93. The summed E-state index contributed by atoms with van der Waals surface area (Å²) in [5.74, 6) is 1.33. The summed E-state index contributed by atoms with van der Waals surface area (Å²) in [6, 6.07) is 20.7. The second-order valence-corrected chi connectivity index (χ2v) is 9.64. The second kappa shape index (κ2) is 11.9. The van der Waals surface area contributed by atoms with Crippen molar-refractivity contribution in [1.82, 2.24) is 15.1 Å². The Bertz CT molecular complexity index is 1490. The van der Waals surface area contributed by atoms with Crippen LogP contribution in [0.3, 0.4) is 0 Å². The van der Waals surface area contributed by atoms with E-state index < -0.39 is 0 Å². The highest BCUT2D eigenvalue weighted by Crippen LogP contribution is 2.39. The molecular weight excluding hydrogens is 508 g/mol. The number of phenols is 1. The average molecular weight is 541 g/mol. The van der Waals surface area contributed by atoms with Gasteiger partial charge in [0.15, 0.2) is 0 Å². The Kier molecular flexibility index (Phi) is 8.00. The van der Waals surface area contributed by atoms with Gasteiger partial charge in [0, 0.05) is 35.3 Å². The highest BCUT2D eigenvalue weighted by molar-refractivity contribution is 6.04. The number of hydrogen-bond donors (Lipinski definition) is 3. The molecule has 1 saturated carbocycles. The van der Waals surface area contributed by atoms with Crippen LogP contribution >= 0.6 is 0 Å². The Hall–Kier alpha value is -4.79. The Morgan fingerprint density at radius 3 is 2.35 bits per heavy atom. The van der Waals surface area contributed by atoms with E-state index in [1.165, 1.54) is 10.7 Å². The smallest absolute Gasteiger partial charge is 0.342 e. The number of aromatic nitrogens is 2. The van der Waals surface area contributed by atoms with Crippen LogP contribution in [0.25, 0.3) is 11.3 Å². The summed E-state index contributed by atoms with van der Waals surface area (Å²) in [5.41, 5.74) is 3.63. The number of ether oxygens (including phenoxy) is 2. The number of carbonyl (C=O) groups is 2. The van der Waals surface area contributed by atoms with Crippen molar-refractivity contribution in [2.45, 2.75) is 38.6 Å². The zero-order valence-corrected chi connectivity index (χ0v) is 22.5. The highest BCUT2D eigenvalue weighted by atomic mass is 16.5. The van der Waals surface area contributed by atoms with Gasteiger partial charge in [-0.25, -0.2) is 4.79 Å². The van der Waals surface area contributed by atoms with E-state index in [1.807, 2.05) is 37.3 Å². The largest absolute Gasteiger partial charge is 0.507 e. The molecule has 206 valence electrons. The van der Waals surface area contributed by atoms with Crippen LogP contribution < -0.4 is 20.1 Å². The lowest BCUT2D eigenvalue weighted by atomic mass is 9.82. The molecular formula is C31H32N4O5. The van der Waals surface area contributed by atoms with Crippen molar-refractivity contribution in [3.05, 3.63) is 89.6 Å². The lowest BCUT2D eigenvalue weighted by Crippen LogP contribution is -2.31. The number of aromatic hydroxyl groups is 1. The summed E-state index contributed by atoms with van der Waals surface area (Å²) in [6.45, 7) is 2.79. The van der Waals surface area contributed by atoms with Crippen LogP contribution in [0.1, 0.15) is 53.7 Å². The molecule has 5 rings (SSSR count). The fourth-order valence-electron chi connectivity index (χ4n) is 4.58. The number of nitrogens with one attached hydrogen (secondary N) is 2. The lowest BCUT2D eigenvalue weighted by molar-refractivity contribution is 0.102. The predicted octanol–water partition coefficient (Wildman–Crippen LogP) is 5.94. The van der Waals surface area contributed by atoms with Gasteiger partial charge in [0.05, 0.1) is 25.1 Å². The maximum atomic E-state index is 13.2. The molecule has 0 unspecified atom stereocenters. The van der Waals surface area contributed by atoms with Gasteiger partial charge in [-0.15, -0.1) is 0 Å². The number of nitrogens with zero attached hydrogens (tertiary/aromatic N) is 2. The van der Waals surface area contributed by atoms with Crippen LogP contribution in [0.15, 0.2) is 72.8 Å². The molecule has 0 atom stereocenters. The number of amides is 2. The highest BCUT2D eigenvalue weighted by Gasteiger charge is 2.27. The minimum atomic E-state index is -0.331. The molecule has 1 aromatic heterocycles. The topological polar surface area (TPSA) is 115 Å². The number of carbonyl (C=O) groups excluding carboxylic acids is 2. The predicted molar refractivity (Wildman–Crippen MR) is 152 cm³/mol. The minimum Gasteiger partial charge on any atom is -0.507 e. The molecule has 0 radical (unpaired) electrons. The third-order valence-corrected chi connectivity index (χ3v) is 7.01. The van der Waals surface area contributed by atoms with Crippen molar-refractivity contribution < 1.29 is 24.2 Å². The fourth-order valence-corrected chi connectivity index (χ4v) is 4.58. The van der Waals surface area contributed by atoms with Gasteiger partial charge in [-0.1, -0.05) is 18.6 Å². The van der Waals surface area contributed by atoms with Gasteiger partial charge < -0.3 is 25.2 Å². The van der Waals surface area contributed by atoms with E-state index in [1.54, 1.807) is 43.5 Å². The van der Waals surface area contributed by atoms with Gasteiger partial charge in [0.1, 0.15) is 17.2 Å². The van der Waals surface area contributed by atoms with E-state index in [9.17, 15) is 14.7 Å². The zero-order chi connectivity index (χ0) is 28.1. The van der Waals surface area contributed by atoms with E-state index in [-0.39, 0.29) is 23.6 Å². The molecule has 9 nitrogen and oxygen atoms in total. The molecule has 3 N–H and O–H groups in total. The molecule has 0 aliphatic heterocycles. The molecule has 9 heteroatoms. The van der Waals surface area contributed by atoms with E-state index in [4.69, 9.17) is 9.47 Å². The summed E-state index contributed by atoms with van der Waals surface area (Å²) >= 11 is 0. The summed E-state index contributed by atoms with van der Waals surface area (Å²) in [7, 11) is 1.61. The van der Waals surface area contributed by atoms with Gasteiger partial charge in [0.2, 0.25) is 0 Å². The van der Waals surface area contributed by atoms with E-state index in [0.29, 0.717) is 41.4 Å². The molecule has 1 aliphatic carbocycles. The van der Waals surface area contributed by atoms with Crippen molar-refractivity contribution in [2.24, 2.45) is 0 Å². The van der Waals surface area contributed by atoms with Crippen molar-refractivity contribution in [2.75, 3.05) is 19.0 Å². The quantitative estimate of drug-likeness (QED) is 0.242. The van der Waals surface area contributed by atoms with Crippen LogP contribution in [0.4, 0.5) is 10.5 Å². The zero-order valence-electron chi connectivity index (χ0n) is 22.5. The van der Waals surface area contributed by atoms with E-state index in [0.717, 1.165) is 36.3 Å². The van der Waals surface area contributed by atoms with Crippen LogP contribution in [0.5, 0.6) is 17.2 Å². The van der Waals surface area contributed by atoms with Gasteiger partial charge in [-0.05, 0) is 79.9 Å². The molecule has 2 amide bonds. The third-order valence-electron chi connectivity index (χ3n) is 7.01. The maximum Gasteiger partial charge on any atom is 0.342 e. The summed E-state index contributed by atoms with van der Waals surface area (Å²) in [5, 5.41) is 21.1. The number of methoxy groups -OCH3 is 1. The first kappa shape index (κ1) is 26.8. The lowest BCUT2D eigenvalue weighted by Gasteiger charge is -2.25. The van der Waals surface area contributed by atoms with Crippen molar-refractivity contribution in [3.8, 4) is 28.5 Å². The van der Waals surface area contributed by atoms with E-state index >= 15 is 0 Å². The molecule has 1 aliphatic rings. The molecule has 40 heavy (non-hydrogen) atoms. The SMILES string of the molecule is CCOc1ccc(C(=O)Nc2ccc(-c3cc(C4CCC4)n(C(=O)NCc4ccc(OC)cc4)n3)c(O)c2)cc1. The Balaban J connectivity index is 1.31. The van der Waals surface area contributed by atoms with Crippen molar-refractivity contribution in [3.63, 3.8) is 0 Å². The van der Waals surface area contributed by atoms with Gasteiger partial charge in [0.25, 0.3) is 5.91 Å². The van der Waals surface area contributed by atoms with Crippen LogP contribution in [0.2, 0.25) is 0 Å². The number of anilines is 1. The first-order chi connectivity index (χ1) is 19.4. The van der Waals surface area contributed by atoms with Gasteiger partial charge in [-0.3, -0.25) is 4.79 Å². The molecule has 3 aromatic carbocycles. The summed E-state index contributed by atoms with van der Waals surface area (Å²) < 4.78 is 12.0. The standard InChI is InChI=1S/C31H32N4O5/c1-3-40-25-14-9-22(10-15-25)30(37)33-23-11-16-26(29(36)17-23)27-18-28(21-5-4-6-21)35(34-27)31(38)32-19-20-7-12-24(39-2)13-8-20/h7-18,21,36H,3-6,19H2,1-2H3,(H,32,38)(H,33,37). The van der Waals surface area contributed by atoms with Crippen LogP contribution in [0, 0.1) is 0 Å². The van der Waals surface area contributed by atoms with E-state index in [2.05, 4.69) is 15.7 Å². The molecule has 1 fully saturated rings. The minimum absolute atomic E-state index is 0.0482. The van der Waals surface area contributed by atoms with Crippen LogP contribution in [-0.2, 0) is 6.54 Å². The second-order valence-electron chi connectivity index (χ2n) is 9.64. The summed E-state index contributed by atoms with van der Waals surface area (Å²) in [4.78, 5) is 25.8. The normalized spacial score (nSPS) is 12.8. The molecule has 0 bridgehead atoms. The fraction of sp³-hybridized carbons (Fsp3) is 0.258. The van der Waals surface area contributed by atoms with Crippen LogP contribution in [-0.4, -0.2) is 40.5 Å².